The van der Waals surface area contributed by atoms with Crippen LogP contribution in [0.4, 0.5) is 0 Å². The Morgan fingerprint density at radius 3 is 2.69 bits per heavy atom. The Morgan fingerprint density at radius 1 is 1.15 bits per heavy atom. The van der Waals surface area contributed by atoms with Gasteiger partial charge in [-0.2, -0.15) is 0 Å². The maximum absolute atomic E-state index is 12.3. The van der Waals surface area contributed by atoms with Gasteiger partial charge in [0.1, 0.15) is 0 Å². The first-order valence-electron chi connectivity index (χ1n) is 8.34. The molecule has 0 aliphatic carbocycles. The van der Waals surface area contributed by atoms with E-state index < -0.39 is 22.5 Å². The largest absolute Gasteiger partial charge is 0.462 e. The van der Waals surface area contributed by atoms with Crippen LogP contribution in [0.25, 0.3) is 11.1 Å². The number of carbonyl (C=O) groups is 1. The summed E-state index contributed by atoms with van der Waals surface area (Å²) in [6.07, 6.45) is 0.466. The molecule has 3 aromatic rings. The van der Waals surface area contributed by atoms with E-state index in [9.17, 15) is 13.8 Å². The number of aromatic nitrogens is 1. The minimum absolute atomic E-state index is 0.151. The van der Waals surface area contributed by atoms with Gasteiger partial charge in [-0.05, 0) is 30.7 Å². The van der Waals surface area contributed by atoms with E-state index in [4.69, 9.17) is 9.15 Å². The van der Waals surface area contributed by atoms with Gasteiger partial charge in [-0.3, -0.25) is 8.78 Å². The van der Waals surface area contributed by atoms with Crippen molar-refractivity contribution in [2.45, 2.75) is 24.8 Å². The van der Waals surface area contributed by atoms with E-state index in [1.54, 1.807) is 43.3 Å². The first-order chi connectivity index (χ1) is 12.6. The summed E-state index contributed by atoms with van der Waals surface area (Å²) in [5, 5.41) is 0. The molecular weight excluding hydrogens is 354 g/mol. The lowest BCUT2D eigenvalue weighted by Crippen LogP contribution is -2.16. The van der Waals surface area contributed by atoms with E-state index >= 15 is 0 Å². The Kier molecular flexibility index (Phi) is 5.68. The maximum Gasteiger partial charge on any atom is 0.419 e. The molecule has 0 aliphatic heterocycles. The zero-order valence-corrected chi connectivity index (χ0v) is 15.2. The van der Waals surface area contributed by atoms with E-state index in [0.29, 0.717) is 40.3 Å². The molecule has 26 heavy (non-hydrogen) atoms. The Bertz CT molecular complexity index is 1000. The molecule has 0 aliphatic rings. The number of ether oxygens (including phenoxy) is 1. The molecule has 136 valence electrons. The normalized spacial score (nSPS) is 12.2. The molecule has 1 heterocycles. The number of nitrogens with zero attached hydrogens (tertiary/aromatic N) is 1. The quantitative estimate of drug-likeness (QED) is 0.470. The molecule has 0 saturated heterocycles. The van der Waals surface area contributed by atoms with Crippen molar-refractivity contribution in [3.63, 3.8) is 0 Å². The van der Waals surface area contributed by atoms with Crippen LogP contribution in [0, 0.1) is 0 Å². The molecule has 1 unspecified atom stereocenters. The number of hydrogen-bond donors (Lipinski definition) is 0. The number of aryl methyl sites for hydroxylation is 1. The molecular formula is C19H19NO5S. The Balaban J connectivity index is 1.62. The predicted molar refractivity (Wildman–Crippen MR) is 98.8 cm³/mol. The van der Waals surface area contributed by atoms with E-state index in [2.05, 4.69) is 0 Å². The topological polar surface area (TPSA) is 78.5 Å². The summed E-state index contributed by atoms with van der Waals surface area (Å²) in [4.78, 5) is 24.7. The van der Waals surface area contributed by atoms with Gasteiger partial charge < -0.3 is 9.15 Å². The van der Waals surface area contributed by atoms with Crippen LogP contribution in [0.1, 0.15) is 23.7 Å². The second-order valence-electron chi connectivity index (χ2n) is 5.61. The van der Waals surface area contributed by atoms with Gasteiger partial charge in [0.2, 0.25) is 0 Å². The molecule has 0 N–H and O–H groups in total. The fourth-order valence-corrected chi connectivity index (χ4v) is 3.62. The molecule has 7 heteroatoms. The minimum atomic E-state index is -1.23. The van der Waals surface area contributed by atoms with Crippen molar-refractivity contribution in [3.05, 3.63) is 64.6 Å². The third kappa shape index (κ3) is 3.77. The Hall–Kier alpha value is -2.67. The number of benzene rings is 2. The molecule has 0 radical (unpaired) electrons. The molecule has 1 atom stereocenters. The van der Waals surface area contributed by atoms with Crippen molar-refractivity contribution in [1.82, 2.24) is 4.57 Å². The van der Waals surface area contributed by atoms with Crippen molar-refractivity contribution >= 4 is 27.9 Å². The van der Waals surface area contributed by atoms with Gasteiger partial charge in [0.05, 0.1) is 33.4 Å². The molecule has 0 spiro atoms. The number of hydrogen-bond acceptors (Lipinski definition) is 5. The lowest BCUT2D eigenvalue weighted by Gasteiger charge is -2.09. The van der Waals surface area contributed by atoms with Crippen molar-refractivity contribution in [2.75, 3.05) is 12.4 Å². The minimum Gasteiger partial charge on any atom is -0.462 e. The van der Waals surface area contributed by atoms with Crippen LogP contribution in [0.2, 0.25) is 0 Å². The molecule has 1 aromatic heterocycles. The van der Waals surface area contributed by atoms with Crippen molar-refractivity contribution in [1.29, 1.82) is 0 Å². The molecule has 0 fully saturated rings. The van der Waals surface area contributed by atoms with Crippen LogP contribution in [-0.2, 0) is 22.1 Å². The fourth-order valence-electron chi connectivity index (χ4n) is 2.68. The number of oxazole rings is 1. The molecule has 6 nitrogen and oxygen atoms in total. The van der Waals surface area contributed by atoms with Gasteiger partial charge in [0, 0.05) is 12.3 Å². The summed E-state index contributed by atoms with van der Waals surface area (Å²) in [6, 6.07) is 13.9. The third-order valence-corrected chi connectivity index (χ3v) is 5.32. The van der Waals surface area contributed by atoms with Crippen LogP contribution in [0.5, 0.6) is 0 Å². The Labute approximate surface area is 152 Å². The molecule has 0 amide bonds. The highest BCUT2D eigenvalue weighted by Gasteiger charge is 2.16. The lowest BCUT2D eigenvalue weighted by atomic mass is 10.2. The predicted octanol–water partition coefficient (Wildman–Crippen LogP) is 2.97. The highest BCUT2D eigenvalue weighted by Crippen LogP contribution is 2.16. The van der Waals surface area contributed by atoms with Crippen LogP contribution < -0.4 is 5.76 Å². The highest BCUT2D eigenvalue weighted by atomic mass is 32.2. The number of fused-ring (bicyclic) bond motifs is 1. The van der Waals surface area contributed by atoms with Gasteiger partial charge in [-0.25, -0.2) is 9.59 Å². The molecule has 0 saturated carbocycles. The van der Waals surface area contributed by atoms with Crippen LogP contribution in [0.3, 0.4) is 0 Å². The standard InChI is InChI=1S/C19H19NO5S/c1-2-26(23)17-11-6-3-8-14(17)18(21)24-13-7-12-20-15-9-4-5-10-16(15)25-19(20)22/h3-6,8-11H,2,7,12-13H2,1H3. The molecule has 3 rings (SSSR count). The van der Waals surface area contributed by atoms with Crippen LogP contribution >= 0.6 is 0 Å². The highest BCUT2D eigenvalue weighted by molar-refractivity contribution is 7.85. The second kappa shape index (κ2) is 8.14. The van der Waals surface area contributed by atoms with Gasteiger partial charge in [0.15, 0.2) is 5.58 Å². The fraction of sp³-hybridized carbons (Fsp3) is 0.263. The number of rotatable bonds is 7. The maximum atomic E-state index is 12.3. The number of carbonyl (C=O) groups excluding carboxylic acids is 1. The second-order valence-corrected chi connectivity index (χ2v) is 7.32. The van der Waals surface area contributed by atoms with E-state index in [1.165, 1.54) is 4.57 Å². The zero-order valence-electron chi connectivity index (χ0n) is 14.3. The van der Waals surface area contributed by atoms with Crippen LogP contribution in [-0.4, -0.2) is 27.1 Å². The van der Waals surface area contributed by atoms with E-state index in [-0.39, 0.29) is 6.61 Å². The Morgan fingerprint density at radius 2 is 1.88 bits per heavy atom. The van der Waals surface area contributed by atoms with Crippen LogP contribution in [0.15, 0.2) is 62.6 Å². The van der Waals surface area contributed by atoms with Gasteiger partial charge in [-0.1, -0.05) is 31.2 Å². The summed E-state index contributed by atoms with van der Waals surface area (Å²) in [5.41, 5.74) is 1.57. The van der Waals surface area contributed by atoms with Crippen molar-refractivity contribution < 1.29 is 18.2 Å². The summed E-state index contributed by atoms with van der Waals surface area (Å²) in [6.45, 7) is 2.33. The zero-order chi connectivity index (χ0) is 18.5. The first kappa shape index (κ1) is 18.1. The van der Waals surface area contributed by atoms with E-state index in [1.807, 2.05) is 12.1 Å². The smallest absolute Gasteiger partial charge is 0.419 e. The first-order valence-corrected chi connectivity index (χ1v) is 9.66. The van der Waals surface area contributed by atoms with Gasteiger partial charge >= 0.3 is 11.7 Å². The average Bonchev–Trinajstić information content (AvgIpc) is 2.99. The summed E-state index contributed by atoms with van der Waals surface area (Å²) in [5.74, 6) is -0.506. The lowest BCUT2D eigenvalue weighted by molar-refractivity contribution is 0.0491. The average molecular weight is 373 g/mol. The third-order valence-electron chi connectivity index (χ3n) is 3.95. The summed E-state index contributed by atoms with van der Waals surface area (Å²) < 4.78 is 24.0. The monoisotopic (exact) mass is 373 g/mol. The SMILES string of the molecule is CCS(=O)c1ccccc1C(=O)OCCCn1c(=O)oc2ccccc21. The van der Waals surface area contributed by atoms with E-state index in [0.717, 1.165) is 0 Å². The van der Waals surface area contributed by atoms with Gasteiger partial charge in [-0.15, -0.1) is 0 Å². The van der Waals surface area contributed by atoms with Crippen molar-refractivity contribution in [3.8, 4) is 0 Å². The number of para-hydroxylation sites is 2. The summed E-state index contributed by atoms with van der Waals surface area (Å²) in [7, 11) is -1.23. The molecule has 0 bridgehead atoms. The van der Waals surface area contributed by atoms with Gasteiger partial charge in [0.25, 0.3) is 0 Å². The molecule has 2 aromatic carbocycles. The number of esters is 1. The summed E-state index contributed by atoms with van der Waals surface area (Å²) >= 11 is 0. The van der Waals surface area contributed by atoms with Crippen molar-refractivity contribution in [2.24, 2.45) is 0 Å².